The van der Waals surface area contributed by atoms with Crippen LogP contribution in [-0.2, 0) is 23.9 Å². The summed E-state index contributed by atoms with van der Waals surface area (Å²) in [5.41, 5.74) is -3.95. The number of carbonyl (C=O) groups excluding carboxylic acids is 3. The Kier molecular flexibility index (Phi) is 4.38. The van der Waals surface area contributed by atoms with E-state index < -0.39 is 33.3 Å². The Morgan fingerprint density at radius 3 is 2.50 bits per heavy atom. The Bertz CT molecular complexity index is 1090. The molecule has 0 aromatic heterocycles. The van der Waals surface area contributed by atoms with Gasteiger partial charge in [0.15, 0.2) is 5.72 Å². The second-order valence-electron chi connectivity index (χ2n) is 14.9. The molecule has 3 aliphatic carbocycles. The zero-order chi connectivity index (χ0) is 25.7. The number of ketones is 2. The number of hydrogen-bond acceptors (Lipinski definition) is 7. The third-order valence-corrected chi connectivity index (χ3v) is 12.6. The van der Waals surface area contributed by atoms with Crippen LogP contribution in [0.2, 0.25) is 0 Å². The summed E-state index contributed by atoms with van der Waals surface area (Å²) < 4.78 is 13.4. The van der Waals surface area contributed by atoms with E-state index in [9.17, 15) is 19.5 Å². The first-order valence-electron chi connectivity index (χ1n) is 14.1. The van der Waals surface area contributed by atoms with Gasteiger partial charge in [0.1, 0.15) is 17.3 Å². The van der Waals surface area contributed by atoms with E-state index in [1.165, 1.54) is 0 Å². The maximum atomic E-state index is 14.1. The molecule has 0 unspecified atom stereocenters. The highest BCUT2D eigenvalue weighted by Gasteiger charge is 2.82. The molecule has 7 rings (SSSR count). The lowest BCUT2D eigenvalue weighted by atomic mass is 9.33. The third kappa shape index (κ3) is 2.54. The van der Waals surface area contributed by atoms with Crippen LogP contribution in [-0.4, -0.2) is 57.2 Å². The first-order chi connectivity index (χ1) is 16.7. The number of rotatable bonds is 0. The van der Waals surface area contributed by atoms with Gasteiger partial charge in [-0.25, -0.2) is 4.90 Å². The van der Waals surface area contributed by atoms with Gasteiger partial charge in [-0.2, -0.15) is 0 Å². The number of hydrogen-bond donors (Lipinski definition) is 1. The normalized spacial score (nSPS) is 59.9. The summed E-state index contributed by atoms with van der Waals surface area (Å²) in [6.07, 6.45) is 5.38. The number of aliphatic hydroxyl groups is 1. The number of Topliss-reactive ketones (excluding diaryl/α,β-unsaturated/α-hetero) is 2. The quantitative estimate of drug-likeness (QED) is 0.509. The summed E-state index contributed by atoms with van der Waals surface area (Å²) in [7, 11) is 0. The molecule has 7 nitrogen and oxygen atoms in total. The van der Waals surface area contributed by atoms with Crippen LogP contribution in [0, 0.1) is 39.9 Å². The second-order valence-corrected chi connectivity index (χ2v) is 14.9. The maximum Gasteiger partial charge on any atom is 0.308 e. The molecule has 7 heteroatoms. The number of nitrogens with zero attached hydrogens (tertiary/aromatic N) is 1. The first kappa shape index (κ1) is 23.8. The van der Waals surface area contributed by atoms with Crippen LogP contribution in [0.25, 0.3) is 0 Å². The van der Waals surface area contributed by atoms with Crippen LogP contribution in [0.4, 0.5) is 0 Å². The van der Waals surface area contributed by atoms with Crippen LogP contribution < -0.4 is 0 Å². The summed E-state index contributed by atoms with van der Waals surface area (Å²) in [6.45, 7) is 11.4. The van der Waals surface area contributed by atoms with Crippen LogP contribution in [0.3, 0.4) is 0 Å². The minimum absolute atomic E-state index is 0.0109. The van der Waals surface area contributed by atoms with E-state index in [4.69, 9.17) is 9.47 Å². The Hall–Kier alpha value is -1.31. The van der Waals surface area contributed by atoms with E-state index in [0.29, 0.717) is 18.8 Å². The van der Waals surface area contributed by atoms with E-state index in [-0.39, 0.29) is 60.7 Å². The van der Waals surface area contributed by atoms with Crippen molar-refractivity contribution in [2.24, 2.45) is 39.9 Å². The zero-order valence-electron chi connectivity index (χ0n) is 22.4. The molecule has 7 aliphatic rings. The molecule has 3 saturated carbocycles. The van der Waals surface area contributed by atoms with Crippen molar-refractivity contribution in [1.82, 2.24) is 4.90 Å². The lowest BCUT2D eigenvalue weighted by Gasteiger charge is -2.76. The highest BCUT2D eigenvalue weighted by Crippen LogP contribution is 2.77. The van der Waals surface area contributed by atoms with Gasteiger partial charge in [-0.1, -0.05) is 27.7 Å². The summed E-state index contributed by atoms with van der Waals surface area (Å²) >= 11 is 0. The fraction of sp³-hybridized carbons (Fsp3) is 0.897. The molecule has 4 bridgehead atoms. The maximum absolute atomic E-state index is 14.1. The van der Waals surface area contributed by atoms with Gasteiger partial charge < -0.3 is 14.6 Å². The molecule has 1 spiro atoms. The van der Waals surface area contributed by atoms with Crippen LogP contribution in [0.1, 0.15) is 92.4 Å². The minimum atomic E-state index is -1.08. The van der Waals surface area contributed by atoms with Crippen LogP contribution >= 0.6 is 0 Å². The fourth-order valence-electron chi connectivity index (χ4n) is 11.3. The van der Waals surface area contributed by atoms with Gasteiger partial charge in [0.2, 0.25) is 0 Å². The monoisotopic (exact) mass is 499 g/mol. The highest BCUT2D eigenvalue weighted by atomic mass is 16.6. The average Bonchev–Trinajstić information content (AvgIpc) is 3.01. The lowest BCUT2D eigenvalue weighted by Crippen LogP contribution is -2.82. The predicted molar refractivity (Wildman–Crippen MR) is 129 cm³/mol. The van der Waals surface area contributed by atoms with Gasteiger partial charge >= 0.3 is 5.97 Å². The van der Waals surface area contributed by atoms with Gasteiger partial charge in [-0.15, -0.1) is 0 Å². The molecule has 1 N–H and O–H groups in total. The molecule has 7 fully saturated rings. The van der Waals surface area contributed by atoms with Gasteiger partial charge in [0.05, 0.1) is 18.1 Å². The van der Waals surface area contributed by atoms with Gasteiger partial charge in [-0.3, -0.25) is 14.4 Å². The smallest absolute Gasteiger partial charge is 0.308 e. The van der Waals surface area contributed by atoms with Crippen molar-refractivity contribution in [2.75, 3.05) is 6.54 Å². The second kappa shape index (κ2) is 6.63. The molecular formula is C29H41NO6. The van der Waals surface area contributed by atoms with Crippen molar-refractivity contribution in [1.29, 1.82) is 0 Å². The topological polar surface area (TPSA) is 93.1 Å². The van der Waals surface area contributed by atoms with E-state index in [1.807, 2.05) is 0 Å². The van der Waals surface area contributed by atoms with Crippen molar-refractivity contribution in [2.45, 2.75) is 116 Å². The fourth-order valence-corrected chi connectivity index (χ4v) is 11.3. The molecule has 4 heterocycles. The Labute approximate surface area is 213 Å². The SMILES string of the molecule is C[C@H]1C[C@@H]2CN3[C@](CC[C@@]4(C)[C@@]5(C)CC(=O)O[C@@]34C[C@@]3(C)[C@@H]4C[C@@](C)(O)CC(=O)[C@H]4CC(=O)[C@@H]35)(C1)O2. The van der Waals surface area contributed by atoms with Crippen LogP contribution in [0.5, 0.6) is 0 Å². The molecule has 0 amide bonds. The van der Waals surface area contributed by atoms with E-state index >= 15 is 0 Å². The van der Waals surface area contributed by atoms with Crippen molar-refractivity contribution in [3.05, 3.63) is 0 Å². The van der Waals surface area contributed by atoms with Gasteiger partial charge in [0.25, 0.3) is 0 Å². The Morgan fingerprint density at radius 1 is 1.00 bits per heavy atom. The number of carbonyl (C=O) groups is 3. The van der Waals surface area contributed by atoms with Crippen molar-refractivity contribution < 1.29 is 29.0 Å². The summed E-state index contributed by atoms with van der Waals surface area (Å²) in [5, 5.41) is 11.1. The number of esters is 1. The summed E-state index contributed by atoms with van der Waals surface area (Å²) in [4.78, 5) is 43.2. The third-order valence-electron chi connectivity index (χ3n) is 12.6. The highest BCUT2D eigenvalue weighted by molar-refractivity contribution is 5.93. The number of piperidine rings is 1. The summed E-state index contributed by atoms with van der Waals surface area (Å²) in [6, 6.07) is 0. The molecule has 198 valence electrons. The molecule has 11 atom stereocenters. The van der Waals surface area contributed by atoms with Crippen molar-refractivity contribution >= 4 is 17.5 Å². The van der Waals surface area contributed by atoms with E-state index in [1.54, 1.807) is 6.92 Å². The van der Waals surface area contributed by atoms with Crippen molar-refractivity contribution in [3.63, 3.8) is 0 Å². The van der Waals surface area contributed by atoms with Crippen molar-refractivity contribution in [3.8, 4) is 0 Å². The molecule has 0 aromatic carbocycles. The largest absolute Gasteiger partial charge is 0.443 e. The summed E-state index contributed by atoms with van der Waals surface area (Å²) in [5.74, 6) is -0.346. The number of ether oxygens (including phenoxy) is 2. The predicted octanol–water partition coefficient (Wildman–Crippen LogP) is 3.61. The van der Waals surface area contributed by atoms with Crippen LogP contribution in [0.15, 0.2) is 0 Å². The standard InChI is InChI=1S/C29H41NO6/c1-16-8-17-14-30-28(10-16,35-17)7-6-27(5)26(4)13-22(33)36-29(27,30)15-25(3)19-11-24(2,34)12-21(32)18(19)9-20(31)23(25)26/h16-19,23,34H,6-15H2,1-5H3/t16-,17+,18-,19+,23-,24+,25-,26-,27-,28-,29+/m0/s1. The van der Waals surface area contributed by atoms with Gasteiger partial charge in [0, 0.05) is 43.1 Å². The van der Waals surface area contributed by atoms with E-state index in [2.05, 4.69) is 32.6 Å². The van der Waals surface area contributed by atoms with Gasteiger partial charge in [-0.05, 0) is 61.7 Å². The molecular weight excluding hydrogens is 458 g/mol. The van der Waals surface area contributed by atoms with E-state index in [0.717, 1.165) is 32.2 Å². The Balaban J connectivity index is 1.44. The number of fused-ring (bicyclic) bond motifs is 5. The first-order valence-corrected chi connectivity index (χ1v) is 14.1. The lowest BCUT2D eigenvalue weighted by molar-refractivity contribution is -0.380. The molecule has 36 heavy (non-hydrogen) atoms. The minimum Gasteiger partial charge on any atom is -0.443 e. The zero-order valence-corrected chi connectivity index (χ0v) is 22.4. The molecule has 0 radical (unpaired) electrons. The molecule has 4 saturated heterocycles. The average molecular weight is 500 g/mol. The molecule has 0 aromatic rings. The Morgan fingerprint density at radius 2 is 1.75 bits per heavy atom. The molecule has 4 aliphatic heterocycles.